The second-order valence-electron chi connectivity index (χ2n) is 4.90. The number of rotatable bonds is 1. The molecular weight excluding hydrogens is 228 g/mol. The molecule has 89 valence electrons. The zero-order valence-electron chi connectivity index (χ0n) is 10.5. The van der Waals surface area contributed by atoms with E-state index in [1.807, 2.05) is 0 Å². The van der Waals surface area contributed by atoms with Crippen LogP contribution in [0.15, 0.2) is 66.7 Å². The van der Waals surface area contributed by atoms with Crippen LogP contribution in [-0.4, -0.2) is 0 Å². The van der Waals surface area contributed by atoms with Crippen molar-refractivity contribution in [3.63, 3.8) is 0 Å². The van der Waals surface area contributed by atoms with Gasteiger partial charge in [-0.2, -0.15) is 0 Å². The second kappa shape index (κ2) is 4.10. The molecule has 0 aliphatic heterocycles. The molecule has 0 N–H and O–H groups in total. The molecular formula is C19H13. The maximum absolute atomic E-state index is 2.27. The van der Waals surface area contributed by atoms with Crippen molar-refractivity contribution in [1.82, 2.24) is 0 Å². The van der Waals surface area contributed by atoms with E-state index in [2.05, 4.69) is 79.2 Å². The predicted octanol–water partition coefficient (Wildman–Crippen LogP) is 5.09. The van der Waals surface area contributed by atoms with Gasteiger partial charge in [0.2, 0.25) is 0 Å². The molecule has 0 nitrogen and oxygen atoms in total. The summed E-state index contributed by atoms with van der Waals surface area (Å²) in [6, 6.07) is 21.7. The Labute approximate surface area is 113 Å². The average molecular weight is 241 g/mol. The van der Waals surface area contributed by atoms with E-state index in [4.69, 9.17) is 0 Å². The lowest BCUT2D eigenvalue weighted by molar-refractivity contribution is 1.54. The molecule has 1 aliphatic rings. The van der Waals surface area contributed by atoms with Crippen LogP contribution in [0.2, 0.25) is 0 Å². The van der Waals surface area contributed by atoms with E-state index in [9.17, 15) is 0 Å². The van der Waals surface area contributed by atoms with Crippen molar-refractivity contribution in [3.8, 4) is 11.1 Å². The third-order valence-corrected chi connectivity index (χ3v) is 3.74. The smallest absolute Gasteiger partial charge is 0.0131 e. The molecule has 3 aromatic carbocycles. The SMILES string of the molecule is [CH]1C=Cc2cc(-c3cccc4ccccc34)ccc21. The normalized spacial score (nSPS) is 12.8. The summed E-state index contributed by atoms with van der Waals surface area (Å²) in [5, 5.41) is 2.61. The molecule has 1 aliphatic carbocycles. The maximum Gasteiger partial charge on any atom is 0.0131 e. The average Bonchev–Trinajstić information content (AvgIpc) is 2.94. The van der Waals surface area contributed by atoms with Crippen LogP contribution < -0.4 is 0 Å². The largest absolute Gasteiger partial charge is 0.0755 e. The molecule has 1 radical (unpaired) electrons. The molecule has 0 bridgehead atoms. The third-order valence-electron chi connectivity index (χ3n) is 3.74. The Morgan fingerprint density at radius 3 is 2.58 bits per heavy atom. The second-order valence-corrected chi connectivity index (χ2v) is 4.90. The first-order chi connectivity index (χ1) is 9.42. The van der Waals surface area contributed by atoms with Crippen LogP contribution in [0.1, 0.15) is 11.1 Å². The van der Waals surface area contributed by atoms with Gasteiger partial charge in [0.25, 0.3) is 0 Å². The van der Waals surface area contributed by atoms with E-state index in [0.29, 0.717) is 0 Å². The van der Waals surface area contributed by atoms with Crippen molar-refractivity contribution in [2.45, 2.75) is 0 Å². The molecule has 0 saturated heterocycles. The first kappa shape index (κ1) is 10.6. The van der Waals surface area contributed by atoms with E-state index in [-0.39, 0.29) is 0 Å². The predicted molar refractivity (Wildman–Crippen MR) is 81.8 cm³/mol. The number of hydrogen-bond acceptors (Lipinski definition) is 0. The van der Waals surface area contributed by atoms with Gasteiger partial charge in [-0.15, -0.1) is 0 Å². The van der Waals surface area contributed by atoms with Crippen LogP contribution in [0.5, 0.6) is 0 Å². The summed E-state index contributed by atoms with van der Waals surface area (Å²) < 4.78 is 0. The minimum absolute atomic E-state index is 1.29. The van der Waals surface area contributed by atoms with Crippen LogP contribution in [-0.2, 0) is 0 Å². The summed E-state index contributed by atoms with van der Waals surface area (Å²) in [7, 11) is 0. The summed E-state index contributed by atoms with van der Waals surface area (Å²) in [6.45, 7) is 0. The Morgan fingerprint density at radius 2 is 1.58 bits per heavy atom. The summed E-state index contributed by atoms with van der Waals surface area (Å²) in [6.07, 6.45) is 6.43. The Morgan fingerprint density at radius 1 is 0.684 bits per heavy atom. The van der Waals surface area contributed by atoms with E-state index in [1.165, 1.54) is 33.0 Å². The summed E-state index contributed by atoms with van der Waals surface area (Å²) >= 11 is 0. The fourth-order valence-corrected chi connectivity index (χ4v) is 2.77. The highest BCUT2D eigenvalue weighted by Gasteiger charge is 2.08. The first-order valence-corrected chi connectivity index (χ1v) is 6.55. The number of benzene rings is 3. The number of allylic oxidation sites excluding steroid dienone is 1. The van der Waals surface area contributed by atoms with E-state index in [1.54, 1.807) is 0 Å². The highest BCUT2D eigenvalue weighted by molar-refractivity contribution is 5.97. The molecule has 19 heavy (non-hydrogen) atoms. The van der Waals surface area contributed by atoms with Gasteiger partial charge in [0.15, 0.2) is 0 Å². The zero-order chi connectivity index (χ0) is 12.7. The topological polar surface area (TPSA) is 0 Å². The molecule has 3 aromatic rings. The van der Waals surface area contributed by atoms with Gasteiger partial charge in [-0.05, 0) is 39.1 Å². The van der Waals surface area contributed by atoms with Gasteiger partial charge in [0, 0.05) is 6.42 Å². The molecule has 0 heterocycles. The fraction of sp³-hybridized carbons (Fsp3) is 0. The van der Waals surface area contributed by atoms with Gasteiger partial charge in [0.1, 0.15) is 0 Å². The molecule has 0 spiro atoms. The van der Waals surface area contributed by atoms with Crippen LogP contribution in [0.25, 0.3) is 28.0 Å². The molecule has 0 fully saturated rings. The van der Waals surface area contributed by atoms with Crippen molar-refractivity contribution in [3.05, 3.63) is 84.3 Å². The van der Waals surface area contributed by atoms with Gasteiger partial charge < -0.3 is 0 Å². The lowest BCUT2D eigenvalue weighted by Gasteiger charge is -2.08. The van der Waals surface area contributed by atoms with E-state index in [0.717, 1.165) is 0 Å². The van der Waals surface area contributed by atoms with Crippen molar-refractivity contribution in [2.75, 3.05) is 0 Å². The van der Waals surface area contributed by atoms with Crippen LogP contribution in [0.4, 0.5) is 0 Å². The number of hydrogen-bond donors (Lipinski definition) is 0. The van der Waals surface area contributed by atoms with Gasteiger partial charge in [-0.1, -0.05) is 66.7 Å². The Kier molecular flexibility index (Phi) is 2.28. The molecule has 4 rings (SSSR count). The van der Waals surface area contributed by atoms with Crippen LogP contribution >= 0.6 is 0 Å². The van der Waals surface area contributed by atoms with Gasteiger partial charge in [0.05, 0.1) is 0 Å². The standard InChI is InChI=1S/C19H13/c1-2-9-18-15(5-1)7-4-10-19(18)17-12-11-14-6-3-8-16(14)13-17/h1-13H. The van der Waals surface area contributed by atoms with Gasteiger partial charge in [-0.25, -0.2) is 0 Å². The first-order valence-electron chi connectivity index (χ1n) is 6.55. The molecule has 0 unspecified atom stereocenters. The number of fused-ring (bicyclic) bond motifs is 2. The highest BCUT2D eigenvalue weighted by Crippen LogP contribution is 2.32. The minimum atomic E-state index is 1.29. The maximum atomic E-state index is 2.27. The summed E-state index contributed by atoms with van der Waals surface area (Å²) in [5.74, 6) is 0. The third kappa shape index (κ3) is 1.68. The fourth-order valence-electron chi connectivity index (χ4n) is 2.77. The molecule has 0 heteroatoms. The summed E-state index contributed by atoms with van der Waals surface area (Å²) in [4.78, 5) is 0. The minimum Gasteiger partial charge on any atom is -0.0755 e. The van der Waals surface area contributed by atoms with Crippen molar-refractivity contribution >= 4 is 16.8 Å². The van der Waals surface area contributed by atoms with E-state index >= 15 is 0 Å². The van der Waals surface area contributed by atoms with Crippen molar-refractivity contribution in [1.29, 1.82) is 0 Å². The van der Waals surface area contributed by atoms with Gasteiger partial charge in [-0.3, -0.25) is 0 Å². The van der Waals surface area contributed by atoms with Crippen molar-refractivity contribution in [2.24, 2.45) is 0 Å². The Bertz CT molecular complexity index is 789. The quantitative estimate of drug-likeness (QED) is 0.557. The van der Waals surface area contributed by atoms with E-state index < -0.39 is 0 Å². The zero-order valence-corrected chi connectivity index (χ0v) is 10.5. The van der Waals surface area contributed by atoms with Crippen LogP contribution in [0, 0.1) is 6.42 Å². The Hall–Kier alpha value is -2.34. The van der Waals surface area contributed by atoms with Crippen LogP contribution in [0.3, 0.4) is 0 Å². The molecule has 0 saturated carbocycles. The molecule has 0 atom stereocenters. The highest BCUT2D eigenvalue weighted by atomic mass is 14.1. The molecule has 0 amide bonds. The Balaban J connectivity index is 1.97. The van der Waals surface area contributed by atoms with Gasteiger partial charge >= 0.3 is 0 Å². The summed E-state index contributed by atoms with van der Waals surface area (Å²) in [5.41, 5.74) is 5.21. The van der Waals surface area contributed by atoms with Crippen molar-refractivity contribution < 1.29 is 0 Å². The molecule has 0 aromatic heterocycles. The lowest BCUT2D eigenvalue weighted by atomic mass is 9.96. The monoisotopic (exact) mass is 241 g/mol. The lowest BCUT2D eigenvalue weighted by Crippen LogP contribution is -1.84.